The molecular weight excluding hydrogens is 320 g/mol. The van der Waals surface area contributed by atoms with E-state index in [-0.39, 0.29) is 13.0 Å². The molecule has 1 unspecified atom stereocenters. The summed E-state index contributed by atoms with van der Waals surface area (Å²) < 4.78 is 5.24. The lowest BCUT2D eigenvalue weighted by Crippen LogP contribution is -2.40. The summed E-state index contributed by atoms with van der Waals surface area (Å²) in [6.07, 6.45) is 6.86. The minimum absolute atomic E-state index is 0.215. The van der Waals surface area contributed by atoms with Gasteiger partial charge >= 0.3 is 5.97 Å². The number of unbranched alkanes of at least 4 members (excludes halogenated alkanes) is 5. The molecule has 0 aliphatic heterocycles. The second-order valence-corrected chi connectivity index (χ2v) is 6.27. The van der Waals surface area contributed by atoms with Crippen molar-refractivity contribution >= 4 is 18.5 Å². The van der Waals surface area contributed by atoms with E-state index in [0.717, 1.165) is 19.3 Å². The largest absolute Gasteiger partial charge is 0.463 e. The van der Waals surface area contributed by atoms with E-state index in [1.165, 1.54) is 19.3 Å². The van der Waals surface area contributed by atoms with Gasteiger partial charge in [0.25, 0.3) is 0 Å². The van der Waals surface area contributed by atoms with Crippen LogP contribution in [-0.4, -0.2) is 30.3 Å². The van der Waals surface area contributed by atoms with Crippen LogP contribution in [0.5, 0.6) is 0 Å². The second kappa shape index (κ2) is 11.5. The van der Waals surface area contributed by atoms with E-state index in [1.54, 1.807) is 30.3 Å². The summed E-state index contributed by atoms with van der Waals surface area (Å²) in [4.78, 5) is 34.4. The fraction of sp³-hybridized carbons (Fsp3) is 0.550. The third-order valence-corrected chi connectivity index (χ3v) is 4.20. The average Bonchev–Trinajstić information content (AvgIpc) is 2.65. The number of ether oxygens (including phenoxy) is 1. The van der Waals surface area contributed by atoms with Gasteiger partial charge in [0.2, 0.25) is 0 Å². The highest BCUT2D eigenvalue weighted by atomic mass is 16.5. The molecule has 0 amide bonds. The predicted molar refractivity (Wildman–Crippen MR) is 94.9 cm³/mol. The number of aliphatic hydroxyl groups is 1. The molecular formula is C20H28O5. The molecule has 0 heterocycles. The fourth-order valence-electron chi connectivity index (χ4n) is 2.67. The Kier molecular flexibility index (Phi) is 9.70. The van der Waals surface area contributed by atoms with Crippen LogP contribution < -0.4 is 0 Å². The Morgan fingerprint density at radius 3 is 2.28 bits per heavy atom. The molecule has 25 heavy (non-hydrogen) atoms. The van der Waals surface area contributed by atoms with E-state index in [4.69, 9.17) is 4.74 Å². The van der Waals surface area contributed by atoms with E-state index < -0.39 is 17.5 Å². The molecule has 5 nitrogen and oxygen atoms in total. The molecule has 1 rings (SSSR count). The number of aldehydes is 2. The van der Waals surface area contributed by atoms with Gasteiger partial charge in [-0.1, -0.05) is 69.4 Å². The van der Waals surface area contributed by atoms with Gasteiger partial charge < -0.3 is 19.4 Å². The molecule has 1 N–H and O–H groups in total. The summed E-state index contributed by atoms with van der Waals surface area (Å²) in [5, 5.41) is 10.9. The highest BCUT2D eigenvalue weighted by Gasteiger charge is 2.41. The molecule has 1 aromatic carbocycles. The molecule has 0 aliphatic rings. The molecule has 1 atom stereocenters. The highest BCUT2D eigenvalue weighted by molar-refractivity contribution is 5.84. The maximum absolute atomic E-state index is 12.5. The van der Waals surface area contributed by atoms with Crippen LogP contribution in [0, 0.1) is 5.92 Å². The molecule has 5 heteroatoms. The van der Waals surface area contributed by atoms with Gasteiger partial charge in [-0.3, -0.25) is 0 Å². The standard InChI is InChI=1S/C20H28O5/c1-2-3-4-5-6-10-13-25-19(23)20(24,14-17(15-21)16-22)18-11-8-7-9-12-18/h7-9,11-12,15-17,24H,2-6,10,13-14H2,1H3. The van der Waals surface area contributed by atoms with Crippen molar-refractivity contribution in [1.29, 1.82) is 0 Å². The second-order valence-electron chi connectivity index (χ2n) is 6.27. The van der Waals surface area contributed by atoms with Gasteiger partial charge in [-0.05, 0) is 12.0 Å². The van der Waals surface area contributed by atoms with E-state index in [9.17, 15) is 19.5 Å². The van der Waals surface area contributed by atoms with Gasteiger partial charge in [-0.2, -0.15) is 0 Å². The average molecular weight is 348 g/mol. The van der Waals surface area contributed by atoms with Crippen LogP contribution in [0.4, 0.5) is 0 Å². The third kappa shape index (κ3) is 6.78. The summed E-state index contributed by atoms with van der Waals surface area (Å²) in [6.45, 7) is 2.37. The minimum Gasteiger partial charge on any atom is -0.463 e. The van der Waals surface area contributed by atoms with Gasteiger partial charge in [0, 0.05) is 6.42 Å². The van der Waals surface area contributed by atoms with Gasteiger partial charge in [0.05, 0.1) is 12.5 Å². The first kappa shape index (κ1) is 21.0. The molecule has 0 aliphatic carbocycles. The summed E-state index contributed by atoms with van der Waals surface area (Å²) in [5.41, 5.74) is -1.69. The number of carbonyl (C=O) groups is 3. The lowest BCUT2D eigenvalue weighted by molar-refractivity contribution is -0.169. The lowest BCUT2D eigenvalue weighted by Gasteiger charge is -2.27. The van der Waals surface area contributed by atoms with Crippen molar-refractivity contribution in [3.8, 4) is 0 Å². The maximum atomic E-state index is 12.5. The van der Waals surface area contributed by atoms with Crippen LogP contribution in [0.15, 0.2) is 30.3 Å². The maximum Gasteiger partial charge on any atom is 0.342 e. The highest BCUT2D eigenvalue weighted by Crippen LogP contribution is 2.29. The van der Waals surface area contributed by atoms with Crippen molar-refractivity contribution in [3.05, 3.63) is 35.9 Å². The van der Waals surface area contributed by atoms with Crippen molar-refractivity contribution in [1.82, 2.24) is 0 Å². The number of benzene rings is 1. The van der Waals surface area contributed by atoms with Crippen LogP contribution in [0.25, 0.3) is 0 Å². The molecule has 0 fully saturated rings. The summed E-state index contributed by atoms with van der Waals surface area (Å²) in [6, 6.07) is 8.27. The number of hydrogen-bond acceptors (Lipinski definition) is 5. The van der Waals surface area contributed by atoms with E-state index in [0.29, 0.717) is 18.1 Å². The normalized spacial score (nSPS) is 13.2. The zero-order valence-electron chi connectivity index (χ0n) is 14.9. The van der Waals surface area contributed by atoms with E-state index in [2.05, 4.69) is 6.92 Å². The molecule has 0 radical (unpaired) electrons. The van der Waals surface area contributed by atoms with Crippen LogP contribution in [0.1, 0.15) is 57.4 Å². The van der Waals surface area contributed by atoms with Gasteiger partial charge in [0.1, 0.15) is 12.6 Å². The fourth-order valence-corrected chi connectivity index (χ4v) is 2.67. The minimum atomic E-state index is -2.00. The van der Waals surface area contributed by atoms with E-state index in [1.807, 2.05) is 0 Å². The van der Waals surface area contributed by atoms with Crippen molar-refractivity contribution in [3.63, 3.8) is 0 Å². The van der Waals surface area contributed by atoms with Crippen molar-refractivity contribution in [2.75, 3.05) is 6.61 Å². The quantitative estimate of drug-likeness (QED) is 0.256. The monoisotopic (exact) mass is 348 g/mol. The Morgan fingerprint density at radius 2 is 1.68 bits per heavy atom. The van der Waals surface area contributed by atoms with Crippen LogP contribution in [0.3, 0.4) is 0 Å². The zero-order chi connectivity index (χ0) is 18.5. The van der Waals surface area contributed by atoms with Crippen molar-refractivity contribution in [2.45, 2.75) is 57.5 Å². The molecule has 0 spiro atoms. The number of rotatable bonds is 13. The first-order valence-electron chi connectivity index (χ1n) is 8.94. The van der Waals surface area contributed by atoms with Crippen LogP contribution >= 0.6 is 0 Å². The van der Waals surface area contributed by atoms with Crippen molar-refractivity contribution in [2.24, 2.45) is 5.92 Å². The van der Waals surface area contributed by atoms with Gasteiger partial charge in [0.15, 0.2) is 5.60 Å². The smallest absolute Gasteiger partial charge is 0.342 e. The Hall–Kier alpha value is -2.01. The van der Waals surface area contributed by atoms with Gasteiger partial charge in [-0.15, -0.1) is 0 Å². The van der Waals surface area contributed by atoms with Crippen LogP contribution in [-0.2, 0) is 24.7 Å². The lowest BCUT2D eigenvalue weighted by atomic mass is 9.85. The molecule has 0 aromatic heterocycles. The Morgan fingerprint density at radius 1 is 1.08 bits per heavy atom. The number of esters is 1. The predicted octanol–water partition coefficient (Wildman–Crippen LogP) is 3.18. The van der Waals surface area contributed by atoms with Crippen LogP contribution in [0.2, 0.25) is 0 Å². The molecule has 0 saturated heterocycles. The third-order valence-electron chi connectivity index (χ3n) is 4.20. The van der Waals surface area contributed by atoms with Gasteiger partial charge in [-0.25, -0.2) is 4.79 Å². The summed E-state index contributed by atoms with van der Waals surface area (Å²) >= 11 is 0. The molecule has 0 saturated carbocycles. The first-order valence-corrected chi connectivity index (χ1v) is 8.94. The Balaban J connectivity index is 2.67. The SMILES string of the molecule is CCCCCCCCOC(=O)C(O)(CC(C=O)C=O)c1ccccc1. The number of carbonyl (C=O) groups excluding carboxylic acids is 3. The van der Waals surface area contributed by atoms with Crippen molar-refractivity contribution < 1.29 is 24.2 Å². The Bertz CT molecular complexity index is 520. The summed E-state index contributed by atoms with van der Waals surface area (Å²) in [5.74, 6) is -1.88. The number of hydrogen-bond donors (Lipinski definition) is 1. The first-order chi connectivity index (χ1) is 12.1. The Labute approximate surface area is 149 Å². The summed E-state index contributed by atoms with van der Waals surface area (Å²) in [7, 11) is 0. The topological polar surface area (TPSA) is 80.7 Å². The molecule has 138 valence electrons. The zero-order valence-corrected chi connectivity index (χ0v) is 14.9. The molecule has 1 aromatic rings. The van der Waals surface area contributed by atoms with E-state index >= 15 is 0 Å². The molecule has 0 bridgehead atoms.